The van der Waals surface area contributed by atoms with Crippen molar-refractivity contribution < 1.29 is 4.79 Å². The van der Waals surface area contributed by atoms with Crippen LogP contribution in [0.4, 0.5) is 0 Å². The van der Waals surface area contributed by atoms with E-state index < -0.39 is 0 Å². The number of hydrogen-bond donors (Lipinski definition) is 1. The van der Waals surface area contributed by atoms with Crippen molar-refractivity contribution in [3.8, 4) is 0 Å². The van der Waals surface area contributed by atoms with Gasteiger partial charge in [-0.2, -0.15) is 0 Å². The van der Waals surface area contributed by atoms with Gasteiger partial charge in [0.05, 0.1) is 0 Å². The minimum absolute atomic E-state index is 0. The molecule has 2 nitrogen and oxygen atoms in total. The van der Waals surface area contributed by atoms with Crippen LogP contribution in [0.15, 0.2) is 0 Å². The maximum Gasteiger partial charge on any atom is 0.220 e. The second kappa shape index (κ2) is 2.92. The van der Waals surface area contributed by atoms with Crippen molar-refractivity contribution in [3.63, 3.8) is 0 Å². The summed E-state index contributed by atoms with van der Waals surface area (Å²) in [4.78, 5) is 10.2. The molecular formula is C5H10ClNO. The predicted molar refractivity (Wildman–Crippen MR) is 33.8 cm³/mol. The molecule has 3 heteroatoms. The average molecular weight is 136 g/mol. The largest absolute Gasteiger partial charge is 0.369 e. The lowest BCUT2D eigenvalue weighted by Gasteiger charge is -2.20. The number of halogens is 1. The van der Waals surface area contributed by atoms with Crippen LogP contribution in [-0.4, -0.2) is 5.91 Å². The Morgan fingerprint density at radius 3 is 2.00 bits per heavy atom. The van der Waals surface area contributed by atoms with Crippen LogP contribution in [0.25, 0.3) is 0 Å². The topological polar surface area (TPSA) is 43.1 Å². The van der Waals surface area contributed by atoms with Crippen LogP contribution in [0, 0.1) is 5.92 Å². The van der Waals surface area contributed by atoms with Crippen LogP contribution in [0.1, 0.15) is 19.3 Å². The summed E-state index contributed by atoms with van der Waals surface area (Å²) in [5.74, 6) is 0.103. The van der Waals surface area contributed by atoms with Gasteiger partial charge >= 0.3 is 0 Å². The Kier molecular flexibility index (Phi) is 2.84. The van der Waals surface area contributed by atoms with Gasteiger partial charge < -0.3 is 5.73 Å². The van der Waals surface area contributed by atoms with E-state index in [4.69, 9.17) is 5.73 Å². The highest BCUT2D eigenvalue weighted by molar-refractivity contribution is 5.85. The Bertz CT molecular complexity index is 90.4. The zero-order valence-electron chi connectivity index (χ0n) is 4.59. The summed E-state index contributed by atoms with van der Waals surface area (Å²) in [6.07, 6.45) is 3.23. The van der Waals surface area contributed by atoms with Crippen LogP contribution >= 0.6 is 12.4 Å². The molecule has 2 N–H and O–H groups in total. The molecule has 1 aliphatic carbocycles. The van der Waals surface area contributed by atoms with E-state index in [2.05, 4.69) is 0 Å². The third-order valence-corrected chi connectivity index (χ3v) is 1.51. The average Bonchev–Trinajstić information content (AvgIpc) is 1.23. The highest BCUT2D eigenvalue weighted by Crippen LogP contribution is 2.25. The van der Waals surface area contributed by atoms with Crippen LogP contribution in [0.5, 0.6) is 0 Å². The van der Waals surface area contributed by atoms with Gasteiger partial charge in [-0.1, -0.05) is 6.42 Å². The minimum atomic E-state index is -0.119. The molecule has 0 aliphatic heterocycles. The Morgan fingerprint density at radius 1 is 1.50 bits per heavy atom. The van der Waals surface area contributed by atoms with Crippen molar-refractivity contribution in [1.82, 2.24) is 0 Å². The molecule has 1 saturated carbocycles. The van der Waals surface area contributed by atoms with Crippen molar-refractivity contribution in [2.45, 2.75) is 19.3 Å². The first-order valence-corrected chi connectivity index (χ1v) is 2.60. The van der Waals surface area contributed by atoms with Crippen LogP contribution in [-0.2, 0) is 4.79 Å². The number of primary amides is 1. The number of rotatable bonds is 1. The summed E-state index contributed by atoms with van der Waals surface area (Å²) < 4.78 is 0. The van der Waals surface area contributed by atoms with Crippen molar-refractivity contribution in [2.24, 2.45) is 11.7 Å². The molecule has 0 heterocycles. The number of nitrogens with two attached hydrogens (primary N) is 1. The van der Waals surface area contributed by atoms with Crippen LogP contribution < -0.4 is 5.73 Å². The first-order valence-electron chi connectivity index (χ1n) is 2.60. The Hall–Kier alpha value is -0.240. The normalized spacial score (nSPS) is 18.5. The summed E-state index contributed by atoms with van der Waals surface area (Å²) in [6.45, 7) is 0. The molecule has 0 saturated heterocycles. The van der Waals surface area contributed by atoms with E-state index in [-0.39, 0.29) is 24.2 Å². The van der Waals surface area contributed by atoms with E-state index in [9.17, 15) is 4.79 Å². The second-order valence-corrected chi connectivity index (χ2v) is 2.03. The fourth-order valence-corrected chi connectivity index (χ4v) is 0.693. The summed E-state index contributed by atoms with van der Waals surface area (Å²) in [6, 6.07) is 0. The maximum absolute atomic E-state index is 10.2. The third-order valence-electron chi connectivity index (χ3n) is 1.51. The van der Waals surface area contributed by atoms with Crippen LogP contribution in [0.3, 0.4) is 0 Å². The van der Waals surface area contributed by atoms with E-state index in [0.717, 1.165) is 12.8 Å². The molecule has 0 aromatic rings. The molecule has 8 heavy (non-hydrogen) atoms. The quantitative estimate of drug-likeness (QED) is 0.565. The highest BCUT2D eigenvalue weighted by atomic mass is 35.5. The summed E-state index contributed by atoms with van der Waals surface area (Å²) in [5.41, 5.74) is 4.96. The zero-order valence-corrected chi connectivity index (χ0v) is 5.41. The lowest BCUT2D eigenvalue weighted by atomic mass is 9.85. The lowest BCUT2D eigenvalue weighted by molar-refractivity contribution is -0.124. The van der Waals surface area contributed by atoms with Crippen molar-refractivity contribution in [2.75, 3.05) is 0 Å². The Morgan fingerprint density at radius 2 is 2.00 bits per heavy atom. The van der Waals surface area contributed by atoms with Crippen molar-refractivity contribution in [1.29, 1.82) is 0 Å². The van der Waals surface area contributed by atoms with Crippen molar-refractivity contribution >= 4 is 18.3 Å². The molecule has 0 atom stereocenters. The highest BCUT2D eigenvalue weighted by Gasteiger charge is 2.21. The molecule has 0 bridgehead atoms. The Balaban J connectivity index is 0.000000490. The van der Waals surface area contributed by atoms with Gasteiger partial charge in [0.2, 0.25) is 5.91 Å². The smallest absolute Gasteiger partial charge is 0.220 e. The fraction of sp³-hybridized carbons (Fsp3) is 0.800. The Labute approximate surface area is 54.8 Å². The summed E-state index contributed by atoms with van der Waals surface area (Å²) >= 11 is 0. The third kappa shape index (κ3) is 1.37. The fourth-order valence-electron chi connectivity index (χ4n) is 0.693. The number of amides is 1. The molecule has 1 rings (SSSR count). The minimum Gasteiger partial charge on any atom is -0.369 e. The number of carbonyl (C=O) groups is 1. The number of carbonyl (C=O) groups excluding carboxylic acids is 1. The maximum atomic E-state index is 10.2. The molecule has 0 unspecified atom stereocenters. The van der Waals surface area contributed by atoms with Gasteiger partial charge in [-0.05, 0) is 12.8 Å². The summed E-state index contributed by atoms with van der Waals surface area (Å²) in [5, 5.41) is 0. The molecule has 0 aromatic carbocycles. The predicted octanol–water partition coefficient (Wildman–Crippen LogP) is 0.694. The van der Waals surface area contributed by atoms with E-state index in [1.54, 1.807) is 0 Å². The second-order valence-electron chi connectivity index (χ2n) is 2.03. The standard InChI is InChI=1S/C5H9NO.ClH/c6-5(7)4-2-1-3-4;/h4H,1-3H2,(H2,6,7);1H. The van der Waals surface area contributed by atoms with Gasteiger partial charge in [0.15, 0.2) is 0 Å². The monoisotopic (exact) mass is 135 g/mol. The first kappa shape index (κ1) is 7.76. The van der Waals surface area contributed by atoms with Gasteiger partial charge in [-0.15, -0.1) is 12.4 Å². The molecule has 1 aliphatic rings. The molecule has 1 fully saturated rings. The van der Waals surface area contributed by atoms with Gasteiger partial charge in [-0.3, -0.25) is 4.79 Å². The lowest BCUT2D eigenvalue weighted by Crippen LogP contribution is -2.28. The van der Waals surface area contributed by atoms with Gasteiger partial charge in [0.1, 0.15) is 0 Å². The van der Waals surface area contributed by atoms with E-state index >= 15 is 0 Å². The SMILES string of the molecule is Cl.NC(=O)C1CCC1. The molecule has 0 spiro atoms. The first-order chi connectivity index (χ1) is 3.30. The number of hydrogen-bond acceptors (Lipinski definition) is 1. The molecule has 48 valence electrons. The van der Waals surface area contributed by atoms with Gasteiger partial charge in [0, 0.05) is 5.92 Å². The van der Waals surface area contributed by atoms with E-state index in [1.807, 2.05) is 0 Å². The zero-order chi connectivity index (χ0) is 5.28. The van der Waals surface area contributed by atoms with Crippen molar-refractivity contribution in [3.05, 3.63) is 0 Å². The van der Waals surface area contributed by atoms with E-state index in [0.29, 0.717) is 0 Å². The molecular weight excluding hydrogens is 126 g/mol. The van der Waals surface area contributed by atoms with Gasteiger partial charge in [-0.25, -0.2) is 0 Å². The molecule has 1 amide bonds. The van der Waals surface area contributed by atoms with Crippen LogP contribution in [0.2, 0.25) is 0 Å². The van der Waals surface area contributed by atoms with Gasteiger partial charge in [0.25, 0.3) is 0 Å². The summed E-state index contributed by atoms with van der Waals surface area (Å²) in [7, 11) is 0. The molecule has 0 aromatic heterocycles. The molecule has 0 radical (unpaired) electrons. The van der Waals surface area contributed by atoms with E-state index in [1.165, 1.54) is 6.42 Å².